The van der Waals surface area contributed by atoms with Gasteiger partial charge in [-0.15, -0.1) is 11.3 Å². The van der Waals surface area contributed by atoms with Gasteiger partial charge in [0, 0.05) is 29.5 Å². The fraction of sp³-hybridized carbons (Fsp3) is 0.286. The molecule has 1 heterocycles. The molecule has 2 nitrogen and oxygen atoms in total. The number of hydrogen-bond acceptors (Lipinski definition) is 3. The van der Waals surface area contributed by atoms with Crippen molar-refractivity contribution in [2.24, 2.45) is 0 Å². The third-order valence-electron chi connectivity index (χ3n) is 2.73. The second-order valence-corrected chi connectivity index (χ2v) is 5.66. The van der Waals surface area contributed by atoms with E-state index in [0.717, 1.165) is 16.1 Å². The van der Waals surface area contributed by atoms with E-state index in [1.165, 1.54) is 4.88 Å². The van der Waals surface area contributed by atoms with Gasteiger partial charge in [0.15, 0.2) is 0 Å². The Morgan fingerprint density at radius 2 is 1.94 bits per heavy atom. The second-order valence-electron chi connectivity index (χ2n) is 4.34. The molecule has 0 saturated carbocycles. The van der Waals surface area contributed by atoms with E-state index in [-0.39, 0.29) is 0 Å². The summed E-state index contributed by atoms with van der Waals surface area (Å²) < 4.78 is 0. The Labute approximate surface area is 106 Å². The van der Waals surface area contributed by atoms with E-state index >= 15 is 0 Å². The van der Waals surface area contributed by atoms with E-state index in [4.69, 9.17) is 0 Å². The zero-order chi connectivity index (χ0) is 12.4. The minimum atomic E-state index is -0.520. The molecular formula is C14H17NOS. The molecule has 0 radical (unpaired) electrons. The highest BCUT2D eigenvalue weighted by molar-refractivity contribution is 7.12. The monoisotopic (exact) mass is 247 g/mol. The molecule has 0 aliphatic carbocycles. The van der Waals surface area contributed by atoms with Crippen LogP contribution in [0.4, 0.5) is 5.69 Å². The average Bonchev–Trinajstić information content (AvgIpc) is 2.75. The molecule has 1 atom stereocenters. The zero-order valence-electron chi connectivity index (χ0n) is 10.3. The quantitative estimate of drug-likeness (QED) is 0.900. The Hall–Kier alpha value is -1.32. The van der Waals surface area contributed by atoms with Crippen LogP contribution < -0.4 is 4.90 Å². The van der Waals surface area contributed by atoms with Crippen LogP contribution in [0, 0.1) is 6.92 Å². The number of benzene rings is 1. The Morgan fingerprint density at radius 3 is 2.53 bits per heavy atom. The van der Waals surface area contributed by atoms with Crippen molar-refractivity contribution in [1.29, 1.82) is 0 Å². The van der Waals surface area contributed by atoms with Gasteiger partial charge in [-0.2, -0.15) is 0 Å². The molecule has 1 aromatic heterocycles. The van der Waals surface area contributed by atoms with Crippen LogP contribution in [0.5, 0.6) is 0 Å². The lowest BCUT2D eigenvalue weighted by atomic mass is 10.1. The SMILES string of the molecule is Cc1ccc(C(O)c2cccc(N(C)C)c2)s1. The minimum absolute atomic E-state index is 0.520. The van der Waals surface area contributed by atoms with Crippen molar-refractivity contribution in [2.45, 2.75) is 13.0 Å². The first kappa shape index (κ1) is 12.1. The molecule has 0 aliphatic heterocycles. The van der Waals surface area contributed by atoms with Crippen molar-refractivity contribution in [2.75, 3.05) is 19.0 Å². The van der Waals surface area contributed by atoms with Crippen LogP contribution in [0.2, 0.25) is 0 Å². The van der Waals surface area contributed by atoms with Gasteiger partial charge in [0.1, 0.15) is 6.10 Å². The van der Waals surface area contributed by atoms with Crippen molar-refractivity contribution < 1.29 is 5.11 Å². The minimum Gasteiger partial charge on any atom is -0.383 e. The van der Waals surface area contributed by atoms with Crippen LogP contribution in [0.3, 0.4) is 0 Å². The van der Waals surface area contributed by atoms with Gasteiger partial charge in [0.05, 0.1) is 0 Å². The van der Waals surface area contributed by atoms with Crippen LogP contribution in [0.1, 0.15) is 21.4 Å². The van der Waals surface area contributed by atoms with E-state index in [0.29, 0.717) is 0 Å². The summed E-state index contributed by atoms with van der Waals surface area (Å²) in [5.41, 5.74) is 2.05. The summed E-state index contributed by atoms with van der Waals surface area (Å²) in [5.74, 6) is 0. The molecule has 1 N–H and O–H groups in total. The van der Waals surface area contributed by atoms with Gasteiger partial charge in [0.25, 0.3) is 0 Å². The molecule has 0 aliphatic rings. The van der Waals surface area contributed by atoms with Crippen molar-refractivity contribution in [3.05, 3.63) is 51.7 Å². The summed E-state index contributed by atoms with van der Waals surface area (Å²) in [5, 5.41) is 10.3. The Kier molecular flexibility index (Phi) is 3.50. The maximum Gasteiger partial charge on any atom is 0.113 e. The third kappa shape index (κ3) is 2.68. The van der Waals surface area contributed by atoms with Crippen LogP contribution in [0.15, 0.2) is 36.4 Å². The summed E-state index contributed by atoms with van der Waals surface area (Å²) in [6.07, 6.45) is -0.520. The van der Waals surface area contributed by atoms with Crippen LogP contribution in [-0.2, 0) is 0 Å². The Bertz CT molecular complexity index is 504. The first-order chi connectivity index (χ1) is 8.08. The molecule has 1 aromatic carbocycles. The molecule has 90 valence electrons. The van der Waals surface area contributed by atoms with Gasteiger partial charge < -0.3 is 10.0 Å². The summed E-state index contributed by atoms with van der Waals surface area (Å²) >= 11 is 1.64. The normalized spacial score (nSPS) is 12.5. The topological polar surface area (TPSA) is 23.5 Å². The Balaban J connectivity index is 2.30. The van der Waals surface area contributed by atoms with E-state index in [1.807, 2.05) is 55.4 Å². The maximum absolute atomic E-state index is 10.3. The molecule has 3 heteroatoms. The van der Waals surface area contributed by atoms with Gasteiger partial charge in [-0.25, -0.2) is 0 Å². The van der Waals surface area contributed by atoms with Crippen molar-refractivity contribution in [1.82, 2.24) is 0 Å². The highest BCUT2D eigenvalue weighted by Gasteiger charge is 2.12. The number of aryl methyl sites for hydroxylation is 1. The number of rotatable bonds is 3. The number of thiophene rings is 1. The smallest absolute Gasteiger partial charge is 0.113 e. The van der Waals surface area contributed by atoms with E-state index < -0.39 is 6.10 Å². The third-order valence-corrected chi connectivity index (χ3v) is 3.79. The number of aliphatic hydroxyl groups is 1. The number of nitrogens with zero attached hydrogens (tertiary/aromatic N) is 1. The van der Waals surface area contributed by atoms with E-state index in [9.17, 15) is 5.11 Å². The van der Waals surface area contributed by atoms with Gasteiger partial charge in [-0.3, -0.25) is 0 Å². The second kappa shape index (κ2) is 4.90. The molecule has 0 bridgehead atoms. The predicted octanol–water partition coefficient (Wildman–Crippen LogP) is 3.20. The Morgan fingerprint density at radius 1 is 1.18 bits per heavy atom. The molecule has 0 saturated heterocycles. The summed E-state index contributed by atoms with van der Waals surface area (Å²) in [4.78, 5) is 4.26. The van der Waals surface area contributed by atoms with Crippen molar-refractivity contribution >= 4 is 17.0 Å². The lowest BCUT2D eigenvalue weighted by Gasteiger charge is -2.15. The molecule has 1 unspecified atom stereocenters. The highest BCUT2D eigenvalue weighted by Crippen LogP contribution is 2.29. The summed E-state index contributed by atoms with van der Waals surface area (Å²) in [6, 6.07) is 12.0. The van der Waals surface area contributed by atoms with E-state index in [1.54, 1.807) is 11.3 Å². The maximum atomic E-state index is 10.3. The lowest BCUT2D eigenvalue weighted by Crippen LogP contribution is -2.09. The number of hydrogen-bond donors (Lipinski definition) is 1. The fourth-order valence-electron chi connectivity index (χ4n) is 1.74. The van der Waals surface area contributed by atoms with Crippen LogP contribution in [-0.4, -0.2) is 19.2 Å². The van der Waals surface area contributed by atoms with Crippen LogP contribution >= 0.6 is 11.3 Å². The van der Waals surface area contributed by atoms with Crippen LogP contribution in [0.25, 0.3) is 0 Å². The molecule has 0 amide bonds. The number of aliphatic hydroxyl groups excluding tert-OH is 1. The van der Waals surface area contributed by atoms with Gasteiger partial charge in [-0.1, -0.05) is 12.1 Å². The largest absolute Gasteiger partial charge is 0.383 e. The fourth-order valence-corrected chi connectivity index (χ4v) is 2.63. The van der Waals surface area contributed by atoms with Crippen molar-refractivity contribution in [3.63, 3.8) is 0 Å². The summed E-state index contributed by atoms with van der Waals surface area (Å²) in [7, 11) is 4.00. The number of anilines is 1. The van der Waals surface area contributed by atoms with Crippen molar-refractivity contribution in [3.8, 4) is 0 Å². The van der Waals surface area contributed by atoms with Gasteiger partial charge >= 0.3 is 0 Å². The molecule has 17 heavy (non-hydrogen) atoms. The molecule has 2 aromatic rings. The van der Waals surface area contributed by atoms with Gasteiger partial charge in [-0.05, 0) is 36.8 Å². The van der Waals surface area contributed by atoms with Gasteiger partial charge in [0.2, 0.25) is 0 Å². The molecule has 0 spiro atoms. The standard InChI is InChI=1S/C14H17NOS/c1-10-7-8-13(17-10)14(16)11-5-4-6-12(9-11)15(2)3/h4-9,14,16H,1-3H3. The molecule has 0 fully saturated rings. The van der Waals surface area contributed by atoms with E-state index in [2.05, 4.69) is 6.92 Å². The summed E-state index contributed by atoms with van der Waals surface area (Å²) in [6.45, 7) is 2.05. The zero-order valence-corrected chi connectivity index (χ0v) is 11.2. The first-order valence-corrected chi connectivity index (χ1v) is 6.41. The molecular weight excluding hydrogens is 230 g/mol. The highest BCUT2D eigenvalue weighted by atomic mass is 32.1. The average molecular weight is 247 g/mol. The molecule has 2 rings (SSSR count). The first-order valence-electron chi connectivity index (χ1n) is 5.59. The lowest BCUT2D eigenvalue weighted by molar-refractivity contribution is 0.224. The predicted molar refractivity (Wildman–Crippen MR) is 73.9 cm³/mol.